The summed E-state index contributed by atoms with van der Waals surface area (Å²) >= 11 is 0. The van der Waals surface area contributed by atoms with Crippen molar-refractivity contribution in [1.29, 1.82) is 0 Å². The van der Waals surface area contributed by atoms with Gasteiger partial charge in [-0.25, -0.2) is 9.59 Å². The number of hydrogen-bond acceptors (Lipinski definition) is 6. The second-order valence-electron chi connectivity index (χ2n) is 7.91. The van der Waals surface area contributed by atoms with Crippen LogP contribution in [0.4, 0.5) is 10.5 Å². The van der Waals surface area contributed by atoms with Gasteiger partial charge < -0.3 is 30.3 Å². The molecule has 0 spiro atoms. The molecule has 2 atom stereocenters. The molecule has 174 valence electrons. The molecule has 0 saturated carbocycles. The molecule has 9 heteroatoms. The minimum atomic E-state index is -0.716. The Bertz CT molecular complexity index is 896. The molecule has 0 aromatic heterocycles. The van der Waals surface area contributed by atoms with E-state index in [4.69, 9.17) is 9.47 Å². The van der Waals surface area contributed by atoms with Gasteiger partial charge in [0.15, 0.2) is 6.10 Å². The van der Waals surface area contributed by atoms with Gasteiger partial charge in [0, 0.05) is 6.04 Å². The lowest BCUT2D eigenvalue weighted by atomic mass is 10.0. The van der Waals surface area contributed by atoms with Gasteiger partial charge in [0.1, 0.15) is 5.75 Å². The normalized spacial score (nSPS) is 20.2. The Kier molecular flexibility index (Phi) is 7.61. The number of esters is 1. The number of hydrogen-bond donors (Lipinski definition) is 3. The first-order chi connectivity index (χ1) is 15.4. The highest BCUT2D eigenvalue weighted by Gasteiger charge is 2.35. The molecular formula is C23H32N4O5. The smallest absolute Gasteiger partial charge is 0.337 e. The number of urea groups is 1. The summed E-state index contributed by atoms with van der Waals surface area (Å²) in [6.07, 6.45) is 0.955. The number of ether oxygens (including phenoxy) is 2. The number of nitrogens with zero attached hydrogens (tertiary/aromatic N) is 1. The zero-order valence-electron chi connectivity index (χ0n) is 19.1. The molecule has 2 aliphatic heterocycles. The van der Waals surface area contributed by atoms with Crippen LogP contribution < -0.4 is 25.6 Å². The van der Waals surface area contributed by atoms with Gasteiger partial charge in [0.2, 0.25) is 0 Å². The van der Waals surface area contributed by atoms with Crippen LogP contribution in [0.25, 0.3) is 0 Å². The predicted molar refractivity (Wildman–Crippen MR) is 120 cm³/mol. The zero-order chi connectivity index (χ0) is 23.3. The number of rotatable bonds is 8. The van der Waals surface area contributed by atoms with Gasteiger partial charge >= 0.3 is 12.0 Å². The largest absolute Gasteiger partial charge is 0.477 e. The number of amides is 3. The molecule has 2 unspecified atom stereocenters. The van der Waals surface area contributed by atoms with Crippen LogP contribution in [0, 0.1) is 0 Å². The molecule has 0 radical (unpaired) electrons. The quantitative estimate of drug-likeness (QED) is 0.530. The molecule has 9 nitrogen and oxygen atoms in total. The molecule has 1 aromatic rings. The minimum Gasteiger partial charge on any atom is -0.477 e. The van der Waals surface area contributed by atoms with Crippen molar-refractivity contribution in [2.75, 3.05) is 24.6 Å². The lowest BCUT2D eigenvalue weighted by Gasteiger charge is -2.37. The average molecular weight is 445 g/mol. The van der Waals surface area contributed by atoms with Crippen LogP contribution in [-0.2, 0) is 14.3 Å². The summed E-state index contributed by atoms with van der Waals surface area (Å²) in [7, 11) is 0. The molecule has 3 rings (SSSR count). The molecule has 2 heterocycles. The van der Waals surface area contributed by atoms with Crippen LogP contribution in [0.5, 0.6) is 5.75 Å². The van der Waals surface area contributed by atoms with Crippen molar-refractivity contribution in [2.45, 2.75) is 58.7 Å². The summed E-state index contributed by atoms with van der Waals surface area (Å²) in [4.78, 5) is 39.6. The number of nitrogens with one attached hydrogen (secondary N) is 3. The van der Waals surface area contributed by atoms with Crippen LogP contribution >= 0.6 is 0 Å². The third kappa shape index (κ3) is 5.15. The molecular weight excluding hydrogens is 412 g/mol. The van der Waals surface area contributed by atoms with Crippen LogP contribution in [0.2, 0.25) is 0 Å². The number of carbonyl (C=O) groups is 3. The molecule has 32 heavy (non-hydrogen) atoms. The average Bonchev–Trinajstić information content (AvgIpc) is 2.76. The summed E-state index contributed by atoms with van der Waals surface area (Å²) in [6, 6.07) is 6.62. The molecule has 0 saturated heterocycles. The molecule has 0 fully saturated rings. The molecule has 2 aliphatic rings. The summed E-state index contributed by atoms with van der Waals surface area (Å²) in [6.45, 7) is 8.27. The van der Waals surface area contributed by atoms with Crippen molar-refractivity contribution in [3.05, 3.63) is 35.5 Å². The Morgan fingerprint density at radius 1 is 1.25 bits per heavy atom. The van der Waals surface area contributed by atoms with E-state index in [0.29, 0.717) is 17.0 Å². The van der Waals surface area contributed by atoms with Gasteiger partial charge in [-0.1, -0.05) is 26.0 Å². The van der Waals surface area contributed by atoms with Gasteiger partial charge in [-0.2, -0.15) is 0 Å². The Morgan fingerprint density at radius 2 is 1.97 bits per heavy atom. The molecule has 0 bridgehead atoms. The van der Waals surface area contributed by atoms with Gasteiger partial charge in [0.05, 0.1) is 42.7 Å². The minimum absolute atomic E-state index is 0.0828. The van der Waals surface area contributed by atoms with Crippen LogP contribution in [0.15, 0.2) is 35.5 Å². The number of anilines is 1. The van der Waals surface area contributed by atoms with Gasteiger partial charge in [0.25, 0.3) is 5.91 Å². The second-order valence-corrected chi connectivity index (χ2v) is 7.91. The van der Waals surface area contributed by atoms with E-state index in [0.717, 1.165) is 18.5 Å². The molecule has 3 N–H and O–H groups in total. The SMILES string of the molecule is CCOC(=O)C1=C(CN2CC(C(=O)NC(CC)CC)Oc3ccccc32)NC(=O)NC1C. The van der Waals surface area contributed by atoms with Crippen LogP contribution in [0.1, 0.15) is 40.5 Å². The highest BCUT2D eigenvalue weighted by atomic mass is 16.5. The highest BCUT2D eigenvalue weighted by Crippen LogP contribution is 2.34. The fraction of sp³-hybridized carbons (Fsp3) is 0.522. The second kappa shape index (κ2) is 10.4. The van der Waals surface area contributed by atoms with Crippen molar-refractivity contribution in [3.63, 3.8) is 0 Å². The Hall–Kier alpha value is -3.23. The van der Waals surface area contributed by atoms with E-state index < -0.39 is 18.1 Å². The first-order valence-corrected chi connectivity index (χ1v) is 11.2. The maximum atomic E-state index is 12.9. The summed E-state index contributed by atoms with van der Waals surface area (Å²) in [5.74, 6) is -0.0809. The molecule has 1 aromatic carbocycles. The van der Waals surface area contributed by atoms with Crippen molar-refractivity contribution in [2.24, 2.45) is 0 Å². The first kappa shape index (κ1) is 23.4. The lowest BCUT2D eigenvalue weighted by molar-refractivity contribution is -0.139. The third-order valence-corrected chi connectivity index (χ3v) is 5.70. The summed E-state index contributed by atoms with van der Waals surface area (Å²) in [5.41, 5.74) is 1.61. The highest BCUT2D eigenvalue weighted by molar-refractivity contribution is 5.95. The van der Waals surface area contributed by atoms with E-state index in [1.54, 1.807) is 13.8 Å². The Labute approximate surface area is 188 Å². The first-order valence-electron chi connectivity index (χ1n) is 11.2. The van der Waals surface area contributed by atoms with Gasteiger partial charge in [-0.05, 0) is 38.8 Å². The fourth-order valence-electron chi connectivity index (χ4n) is 3.98. The number of benzene rings is 1. The molecule has 0 aliphatic carbocycles. The van der Waals surface area contributed by atoms with E-state index in [9.17, 15) is 14.4 Å². The number of para-hydroxylation sites is 2. The monoisotopic (exact) mass is 444 g/mol. The summed E-state index contributed by atoms with van der Waals surface area (Å²) in [5, 5.41) is 8.50. The Balaban J connectivity index is 1.90. The van der Waals surface area contributed by atoms with Crippen molar-refractivity contribution >= 4 is 23.6 Å². The van der Waals surface area contributed by atoms with Crippen molar-refractivity contribution in [1.82, 2.24) is 16.0 Å². The zero-order valence-corrected chi connectivity index (χ0v) is 19.1. The van der Waals surface area contributed by atoms with Crippen molar-refractivity contribution < 1.29 is 23.9 Å². The van der Waals surface area contributed by atoms with E-state index in [-0.39, 0.29) is 37.7 Å². The maximum absolute atomic E-state index is 12.9. The van der Waals surface area contributed by atoms with Crippen LogP contribution in [0.3, 0.4) is 0 Å². The van der Waals surface area contributed by atoms with Gasteiger partial charge in [-0.3, -0.25) is 4.79 Å². The van der Waals surface area contributed by atoms with Crippen molar-refractivity contribution in [3.8, 4) is 5.75 Å². The standard InChI is InChI=1S/C23H32N4O5/c1-5-15(6-2)25-21(28)19-13-27(17-10-8-9-11-18(17)32-19)12-16-20(22(29)31-7-3)14(4)24-23(30)26-16/h8-11,14-15,19H,5-7,12-13H2,1-4H3,(H,25,28)(H2,24,26,30). The predicted octanol–water partition coefficient (Wildman–Crippen LogP) is 2.08. The van der Waals surface area contributed by atoms with Crippen LogP contribution in [-0.4, -0.2) is 55.8 Å². The van der Waals surface area contributed by atoms with E-state index >= 15 is 0 Å². The van der Waals surface area contributed by atoms with E-state index in [2.05, 4.69) is 16.0 Å². The fourth-order valence-corrected chi connectivity index (χ4v) is 3.98. The Morgan fingerprint density at radius 3 is 2.66 bits per heavy atom. The van der Waals surface area contributed by atoms with E-state index in [1.807, 2.05) is 43.0 Å². The number of carbonyl (C=O) groups excluding carboxylic acids is 3. The third-order valence-electron chi connectivity index (χ3n) is 5.70. The lowest BCUT2D eigenvalue weighted by Crippen LogP contribution is -2.54. The number of fused-ring (bicyclic) bond motifs is 1. The molecule has 3 amide bonds. The topological polar surface area (TPSA) is 109 Å². The van der Waals surface area contributed by atoms with E-state index in [1.165, 1.54) is 0 Å². The maximum Gasteiger partial charge on any atom is 0.337 e. The summed E-state index contributed by atoms with van der Waals surface area (Å²) < 4.78 is 11.2. The van der Waals surface area contributed by atoms with Gasteiger partial charge in [-0.15, -0.1) is 0 Å².